The number of nitro benzene ring substituents is 2. The van der Waals surface area contributed by atoms with Crippen molar-refractivity contribution < 1.29 is 14.7 Å². The summed E-state index contributed by atoms with van der Waals surface area (Å²) in [5, 5.41) is 23.4. The molecule has 1 aromatic heterocycles. The SMILES string of the molecule is Cc1cc(-c2ccccc2)nc(N(Cc2ccc([N+](=O)[O-])cc2)OCc2ccc([N+](=O)[O-])cc2)n1. The normalized spacial score (nSPS) is 10.7. The van der Waals surface area contributed by atoms with Gasteiger partial charge >= 0.3 is 0 Å². The minimum Gasteiger partial charge on any atom is -0.266 e. The number of nitrogens with zero attached hydrogens (tertiary/aromatic N) is 5. The Hall–Kier alpha value is -4.70. The first-order valence-electron chi connectivity index (χ1n) is 10.7. The second-order valence-corrected chi connectivity index (χ2v) is 7.72. The van der Waals surface area contributed by atoms with Crippen molar-refractivity contribution in [2.75, 3.05) is 5.06 Å². The predicted molar refractivity (Wildman–Crippen MR) is 129 cm³/mol. The molecule has 4 rings (SSSR count). The summed E-state index contributed by atoms with van der Waals surface area (Å²) in [6, 6.07) is 23.8. The number of benzene rings is 3. The lowest BCUT2D eigenvalue weighted by atomic mass is 10.1. The lowest BCUT2D eigenvalue weighted by Crippen LogP contribution is -2.25. The van der Waals surface area contributed by atoms with Crippen molar-refractivity contribution in [3.05, 3.63) is 122 Å². The summed E-state index contributed by atoms with van der Waals surface area (Å²) >= 11 is 0. The number of aromatic nitrogens is 2. The van der Waals surface area contributed by atoms with Crippen LogP contribution in [0.25, 0.3) is 11.3 Å². The van der Waals surface area contributed by atoms with Crippen LogP contribution in [-0.4, -0.2) is 19.8 Å². The fourth-order valence-electron chi connectivity index (χ4n) is 3.35. The molecule has 3 aromatic carbocycles. The van der Waals surface area contributed by atoms with E-state index in [0.717, 1.165) is 28.1 Å². The lowest BCUT2D eigenvalue weighted by molar-refractivity contribution is -0.385. The van der Waals surface area contributed by atoms with Gasteiger partial charge in [-0.15, -0.1) is 0 Å². The molecule has 0 aliphatic carbocycles. The van der Waals surface area contributed by atoms with Gasteiger partial charge < -0.3 is 0 Å². The molecule has 10 nitrogen and oxygen atoms in total. The van der Waals surface area contributed by atoms with Crippen LogP contribution in [0.2, 0.25) is 0 Å². The molecule has 0 atom stereocenters. The standard InChI is InChI=1S/C25H21N5O5/c1-18-15-24(21-5-3-2-4-6-21)27-25(26-18)28(16-19-7-11-22(12-8-19)29(31)32)35-17-20-9-13-23(14-10-20)30(33)34/h2-15H,16-17H2,1H3. The zero-order valence-electron chi connectivity index (χ0n) is 18.8. The maximum atomic E-state index is 11.0. The molecule has 0 saturated carbocycles. The quantitative estimate of drug-likeness (QED) is 0.234. The zero-order valence-corrected chi connectivity index (χ0v) is 18.8. The Morgan fingerprint density at radius 2 is 1.37 bits per heavy atom. The van der Waals surface area contributed by atoms with E-state index in [1.165, 1.54) is 29.3 Å². The van der Waals surface area contributed by atoms with Gasteiger partial charge in [0.15, 0.2) is 0 Å². The maximum absolute atomic E-state index is 11.0. The highest BCUT2D eigenvalue weighted by Gasteiger charge is 2.16. The number of hydroxylamine groups is 1. The molecule has 10 heteroatoms. The molecule has 1 heterocycles. The molecular weight excluding hydrogens is 450 g/mol. The second-order valence-electron chi connectivity index (χ2n) is 7.72. The van der Waals surface area contributed by atoms with Crippen LogP contribution in [0.15, 0.2) is 84.9 Å². The zero-order chi connectivity index (χ0) is 24.8. The molecular formula is C25H21N5O5. The summed E-state index contributed by atoms with van der Waals surface area (Å²) in [7, 11) is 0. The molecule has 0 fully saturated rings. The van der Waals surface area contributed by atoms with Crippen molar-refractivity contribution >= 4 is 17.3 Å². The van der Waals surface area contributed by atoms with Crippen LogP contribution >= 0.6 is 0 Å². The van der Waals surface area contributed by atoms with E-state index in [-0.39, 0.29) is 24.5 Å². The monoisotopic (exact) mass is 471 g/mol. The van der Waals surface area contributed by atoms with Gasteiger partial charge in [0.2, 0.25) is 0 Å². The minimum absolute atomic E-state index is 0.00833. The Labute approximate surface area is 200 Å². The molecule has 0 saturated heterocycles. The third kappa shape index (κ3) is 6.01. The van der Waals surface area contributed by atoms with E-state index < -0.39 is 9.85 Å². The topological polar surface area (TPSA) is 125 Å². The molecule has 0 aliphatic rings. The van der Waals surface area contributed by atoms with Crippen LogP contribution < -0.4 is 5.06 Å². The van der Waals surface area contributed by atoms with Crippen LogP contribution in [0.4, 0.5) is 17.3 Å². The van der Waals surface area contributed by atoms with Crippen LogP contribution in [0.1, 0.15) is 16.8 Å². The first kappa shape index (κ1) is 23.5. The minimum atomic E-state index is -0.461. The number of nitro groups is 2. The predicted octanol–water partition coefficient (Wildman–Crippen LogP) is 5.41. The summed E-state index contributed by atoms with van der Waals surface area (Å²) in [6.07, 6.45) is 0. The molecule has 35 heavy (non-hydrogen) atoms. The molecule has 0 bridgehead atoms. The van der Waals surface area contributed by atoms with Gasteiger partial charge in [0, 0.05) is 35.5 Å². The third-order valence-electron chi connectivity index (χ3n) is 5.14. The highest BCUT2D eigenvalue weighted by atomic mass is 16.7. The maximum Gasteiger partial charge on any atom is 0.269 e. The summed E-state index contributed by atoms with van der Waals surface area (Å²) in [6.45, 7) is 2.20. The van der Waals surface area contributed by atoms with Crippen molar-refractivity contribution in [1.29, 1.82) is 0 Å². The number of hydrogen-bond acceptors (Lipinski definition) is 8. The molecule has 0 radical (unpaired) electrons. The van der Waals surface area contributed by atoms with Crippen molar-refractivity contribution in [3.63, 3.8) is 0 Å². The number of aryl methyl sites for hydroxylation is 1. The van der Waals surface area contributed by atoms with Crippen molar-refractivity contribution in [2.45, 2.75) is 20.1 Å². The molecule has 0 amide bonds. The Morgan fingerprint density at radius 1 is 0.800 bits per heavy atom. The van der Waals surface area contributed by atoms with Gasteiger partial charge in [-0.1, -0.05) is 42.5 Å². The molecule has 176 valence electrons. The van der Waals surface area contributed by atoms with Gasteiger partial charge in [-0.05, 0) is 36.2 Å². The highest BCUT2D eigenvalue weighted by Crippen LogP contribution is 2.23. The molecule has 4 aromatic rings. The smallest absolute Gasteiger partial charge is 0.266 e. The Morgan fingerprint density at radius 3 is 1.94 bits per heavy atom. The Bertz CT molecular complexity index is 1330. The highest BCUT2D eigenvalue weighted by molar-refractivity contribution is 5.60. The third-order valence-corrected chi connectivity index (χ3v) is 5.14. The number of rotatable bonds is 9. The first-order chi connectivity index (χ1) is 16.9. The van der Waals surface area contributed by atoms with Crippen LogP contribution in [0, 0.1) is 27.2 Å². The average molecular weight is 471 g/mol. The van der Waals surface area contributed by atoms with E-state index in [2.05, 4.69) is 9.97 Å². The number of anilines is 1. The van der Waals surface area contributed by atoms with E-state index in [0.29, 0.717) is 5.95 Å². The van der Waals surface area contributed by atoms with Gasteiger partial charge in [-0.25, -0.2) is 15.0 Å². The molecule has 0 aliphatic heterocycles. The van der Waals surface area contributed by atoms with E-state index in [4.69, 9.17) is 4.84 Å². The van der Waals surface area contributed by atoms with E-state index in [1.54, 1.807) is 24.3 Å². The Kier molecular flexibility index (Phi) is 7.03. The Balaban J connectivity index is 1.63. The van der Waals surface area contributed by atoms with Gasteiger partial charge in [0.25, 0.3) is 17.3 Å². The van der Waals surface area contributed by atoms with Gasteiger partial charge in [-0.3, -0.25) is 25.1 Å². The summed E-state index contributed by atoms with van der Waals surface area (Å²) in [5.74, 6) is 0.323. The fourth-order valence-corrected chi connectivity index (χ4v) is 3.35. The number of non-ortho nitro benzene ring substituents is 2. The average Bonchev–Trinajstić information content (AvgIpc) is 2.87. The van der Waals surface area contributed by atoms with Crippen LogP contribution in [0.3, 0.4) is 0 Å². The van der Waals surface area contributed by atoms with E-state index in [9.17, 15) is 20.2 Å². The lowest BCUT2D eigenvalue weighted by Gasteiger charge is -2.23. The summed E-state index contributed by atoms with van der Waals surface area (Å²) in [4.78, 5) is 36.3. The van der Waals surface area contributed by atoms with Crippen molar-refractivity contribution in [2.24, 2.45) is 0 Å². The number of hydrogen-bond donors (Lipinski definition) is 0. The van der Waals surface area contributed by atoms with Gasteiger partial charge in [-0.2, -0.15) is 0 Å². The molecule has 0 unspecified atom stereocenters. The molecule has 0 spiro atoms. The van der Waals surface area contributed by atoms with Crippen LogP contribution in [0.5, 0.6) is 0 Å². The van der Waals surface area contributed by atoms with Crippen molar-refractivity contribution in [3.8, 4) is 11.3 Å². The summed E-state index contributed by atoms with van der Waals surface area (Å²) in [5.41, 5.74) is 3.84. The largest absolute Gasteiger partial charge is 0.269 e. The van der Waals surface area contributed by atoms with Crippen molar-refractivity contribution in [1.82, 2.24) is 9.97 Å². The van der Waals surface area contributed by atoms with E-state index >= 15 is 0 Å². The van der Waals surface area contributed by atoms with Gasteiger partial charge in [0.1, 0.15) is 6.61 Å². The van der Waals surface area contributed by atoms with Crippen LogP contribution in [-0.2, 0) is 18.0 Å². The second kappa shape index (κ2) is 10.5. The molecule has 0 N–H and O–H groups in total. The first-order valence-corrected chi connectivity index (χ1v) is 10.7. The summed E-state index contributed by atoms with van der Waals surface area (Å²) < 4.78 is 0. The van der Waals surface area contributed by atoms with Gasteiger partial charge in [0.05, 0.1) is 22.1 Å². The van der Waals surface area contributed by atoms with E-state index in [1.807, 2.05) is 43.3 Å². The fraction of sp³-hybridized carbons (Fsp3) is 0.120.